The van der Waals surface area contributed by atoms with Crippen molar-refractivity contribution in [2.75, 3.05) is 5.73 Å². The number of nitrogen functional groups attached to an aromatic ring is 1. The van der Waals surface area contributed by atoms with Crippen LogP contribution in [0.4, 0.5) is 5.82 Å². The van der Waals surface area contributed by atoms with Gasteiger partial charge in [-0.05, 0) is 23.8 Å². The molecular formula is C10H9N3O. The van der Waals surface area contributed by atoms with Gasteiger partial charge in [0.05, 0.1) is 0 Å². The lowest BCUT2D eigenvalue weighted by Crippen LogP contribution is -2.02. The summed E-state index contributed by atoms with van der Waals surface area (Å²) in [5.74, 6) is 0.471. The molecule has 4 heteroatoms. The molecule has 0 aliphatic rings. The second-order valence-electron chi connectivity index (χ2n) is 2.91. The van der Waals surface area contributed by atoms with Crippen molar-refractivity contribution < 1.29 is 0 Å². The van der Waals surface area contributed by atoms with E-state index in [0.717, 1.165) is 11.1 Å². The van der Waals surface area contributed by atoms with E-state index in [1.165, 1.54) is 6.07 Å². The van der Waals surface area contributed by atoms with Crippen LogP contribution < -0.4 is 11.3 Å². The van der Waals surface area contributed by atoms with Crippen LogP contribution in [-0.2, 0) is 0 Å². The molecule has 0 bridgehead atoms. The van der Waals surface area contributed by atoms with Gasteiger partial charge < -0.3 is 10.7 Å². The lowest BCUT2D eigenvalue weighted by atomic mass is 10.1. The van der Waals surface area contributed by atoms with Gasteiger partial charge in [0, 0.05) is 24.0 Å². The van der Waals surface area contributed by atoms with Crippen LogP contribution in [0.25, 0.3) is 11.1 Å². The molecule has 0 saturated carbocycles. The zero-order chi connectivity index (χ0) is 9.97. The minimum absolute atomic E-state index is 0.126. The van der Waals surface area contributed by atoms with Gasteiger partial charge in [-0.1, -0.05) is 0 Å². The minimum atomic E-state index is -0.126. The Kier molecular flexibility index (Phi) is 2.02. The summed E-state index contributed by atoms with van der Waals surface area (Å²) in [5, 5.41) is 0. The third-order valence-corrected chi connectivity index (χ3v) is 1.89. The van der Waals surface area contributed by atoms with E-state index < -0.39 is 0 Å². The second-order valence-corrected chi connectivity index (χ2v) is 2.91. The number of anilines is 1. The third kappa shape index (κ3) is 1.64. The Balaban J connectivity index is 2.50. The topological polar surface area (TPSA) is 71.8 Å². The molecule has 3 N–H and O–H groups in total. The highest BCUT2D eigenvalue weighted by Gasteiger charge is 1.97. The summed E-state index contributed by atoms with van der Waals surface area (Å²) < 4.78 is 0. The first-order valence-electron chi connectivity index (χ1n) is 4.16. The average molecular weight is 187 g/mol. The third-order valence-electron chi connectivity index (χ3n) is 1.89. The van der Waals surface area contributed by atoms with Gasteiger partial charge in [0.25, 0.3) is 0 Å². The first kappa shape index (κ1) is 8.50. The Morgan fingerprint density at radius 3 is 2.71 bits per heavy atom. The molecule has 0 atom stereocenters. The summed E-state index contributed by atoms with van der Waals surface area (Å²) in [6.45, 7) is 0. The molecule has 14 heavy (non-hydrogen) atoms. The molecule has 0 saturated heterocycles. The van der Waals surface area contributed by atoms with Crippen LogP contribution in [0.5, 0.6) is 0 Å². The van der Waals surface area contributed by atoms with Gasteiger partial charge in [-0.25, -0.2) is 4.98 Å². The van der Waals surface area contributed by atoms with E-state index in [1.807, 2.05) is 12.1 Å². The van der Waals surface area contributed by atoms with E-state index >= 15 is 0 Å². The molecular weight excluding hydrogens is 178 g/mol. The van der Waals surface area contributed by atoms with E-state index in [4.69, 9.17) is 5.73 Å². The molecule has 2 aromatic heterocycles. The first-order valence-corrected chi connectivity index (χ1v) is 4.16. The maximum Gasteiger partial charge on any atom is 0.248 e. The number of nitrogens with two attached hydrogens (primary N) is 1. The Morgan fingerprint density at radius 2 is 2.07 bits per heavy atom. The number of pyridine rings is 2. The predicted molar refractivity (Wildman–Crippen MR) is 54.7 cm³/mol. The molecule has 0 unspecified atom stereocenters. The number of H-pyrrole nitrogens is 1. The molecule has 0 fully saturated rings. The lowest BCUT2D eigenvalue weighted by molar-refractivity contribution is 1.24. The molecule has 0 aliphatic heterocycles. The summed E-state index contributed by atoms with van der Waals surface area (Å²) >= 11 is 0. The van der Waals surface area contributed by atoms with E-state index in [1.54, 1.807) is 18.5 Å². The number of nitrogens with one attached hydrogen (secondary N) is 1. The maximum atomic E-state index is 11.0. The summed E-state index contributed by atoms with van der Waals surface area (Å²) in [4.78, 5) is 17.5. The van der Waals surface area contributed by atoms with Gasteiger partial charge in [0.1, 0.15) is 5.82 Å². The van der Waals surface area contributed by atoms with Gasteiger partial charge in [0.15, 0.2) is 0 Å². The predicted octanol–water partition coefficient (Wildman–Crippen LogP) is 1.02. The number of aromatic amines is 1. The fraction of sp³-hybridized carbons (Fsp3) is 0. The summed E-state index contributed by atoms with van der Waals surface area (Å²) in [7, 11) is 0. The molecule has 2 aromatic rings. The zero-order valence-electron chi connectivity index (χ0n) is 7.40. The van der Waals surface area contributed by atoms with E-state index in [9.17, 15) is 4.79 Å². The Labute approximate surface area is 80.4 Å². The molecule has 0 amide bonds. The number of rotatable bonds is 1. The zero-order valence-corrected chi connectivity index (χ0v) is 7.40. The first-order chi connectivity index (χ1) is 6.75. The van der Waals surface area contributed by atoms with Crippen LogP contribution >= 0.6 is 0 Å². The van der Waals surface area contributed by atoms with Crippen molar-refractivity contribution in [3.63, 3.8) is 0 Å². The normalized spacial score (nSPS) is 10.0. The highest BCUT2D eigenvalue weighted by Crippen LogP contribution is 2.15. The van der Waals surface area contributed by atoms with Crippen molar-refractivity contribution in [1.29, 1.82) is 0 Å². The molecule has 70 valence electrons. The van der Waals surface area contributed by atoms with Crippen LogP contribution in [0.15, 0.2) is 41.5 Å². The van der Waals surface area contributed by atoms with Gasteiger partial charge >= 0.3 is 0 Å². The number of nitrogens with zero attached hydrogens (tertiary/aromatic N) is 1. The lowest BCUT2D eigenvalue weighted by Gasteiger charge is -1.99. The Bertz CT molecular complexity index is 487. The van der Waals surface area contributed by atoms with Gasteiger partial charge in [-0.2, -0.15) is 0 Å². The second kappa shape index (κ2) is 3.33. The molecule has 0 radical (unpaired) electrons. The van der Waals surface area contributed by atoms with Gasteiger partial charge in [-0.15, -0.1) is 0 Å². The van der Waals surface area contributed by atoms with Gasteiger partial charge in [0.2, 0.25) is 5.56 Å². The van der Waals surface area contributed by atoms with Crippen molar-refractivity contribution in [3.05, 3.63) is 47.0 Å². The van der Waals surface area contributed by atoms with E-state index in [-0.39, 0.29) is 5.56 Å². The van der Waals surface area contributed by atoms with E-state index in [2.05, 4.69) is 9.97 Å². The fourth-order valence-electron chi connectivity index (χ4n) is 1.20. The monoisotopic (exact) mass is 187 g/mol. The molecule has 0 spiro atoms. The number of aromatic nitrogens is 2. The van der Waals surface area contributed by atoms with Crippen LogP contribution in [0, 0.1) is 0 Å². The number of hydrogen-bond donors (Lipinski definition) is 2. The molecule has 2 rings (SSSR count). The minimum Gasteiger partial charge on any atom is -0.384 e. The van der Waals surface area contributed by atoms with Gasteiger partial charge in [-0.3, -0.25) is 4.79 Å². The van der Waals surface area contributed by atoms with Crippen molar-refractivity contribution in [2.45, 2.75) is 0 Å². The van der Waals surface area contributed by atoms with Crippen molar-refractivity contribution in [1.82, 2.24) is 9.97 Å². The van der Waals surface area contributed by atoms with Crippen LogP contribution in [0.3, 0.4) is 0 Å². The summed E-state index contributed by atoms with van der Waals surface area (Å²) in [6, 6.07) is 6.87. The molecule has 4 nitrogen and oxygen atoms in total. The van der Waals surface area contributed by atoms with Crippen molar-refractivity contribution in [2.24, 2.45) is 0 Å². The van der Waals surface area contributed by atoms with E-state index in [0.29, 0.717) is 5.82 Å². The smallest absolute Gasteiger partial charge is 0.248 e. The Hall–Kier alpha value is -2.10. The quantitative estimate of drug-likeness (QED) is 0.700. The van der Waals surface area contributed by atoms with Crippen LogP contribution in [0.1, 0.15) is 0 Å². The highest BCUT2D eigenvalue weighted by molar-refractivity contribution is 5.62. The molecule has 0 aromatic carbocycles. The van der Waals surface area contributed by atoms with Crippen LogP contribution in [-0.4, -0.2) is 9.97 Å². The van der Waals surface area contributed by atoms with Crippen LogP contribution in [0.2, 0.25) is 0 Å². The Morgan fingerprint density at radius 1 is 1.21 bits per heavy atom. The maximum absolute atomic E-state index is 11.0. The largest absolute Gasteiger partial charge is 0.384 e. The number of hydrogen-bond acceptors (Lipinski definition) is 3. The van der Waals surface area contributed by atoms with Crippen molar-refractivity contribution >= 4 is 5.82 Å². The summed E-state index contributed by atoms with van der Waals surface area (Å²) in [5.41, 5.74) is 7.04. The summed E-state index contributed by atoms with van der Waals surface area (Å²) in [6.07, 6.45) is 3.25. The average Bonchev–Trinajstić information content (AvgIpc) is 2.19. The standard InChI is InChI=1S/C10H9N3O/c11-9-2-1-8(6-13-9)7-3-4-12-10(14)5-7/h1-6H,(H2,11,13)(H,12,14). The molecule has 2 heterocycles. The van der Waals surface area contributed by atoms with Crippen molar-refractivity contribution in [3.8, 4) is 11.1 Å². The highest BCUT2D eigenvalue weighted by atomic mass is 16.1. The SMILES string of the molecule is Nc1ccc(-c2cc[nH]c(=O)c2)cn1. The molecule has 0 aliphatic carbocycles. The fourth-order valence-corrected chi connectivity index (χ4v) is 1.20.